The van der Waals surface area contributed by atoms with Gasteiger partial charge in [-0.25, -0.2) is 0 Å². The first-order valence-electron chi connectivity index (χ1n) is 16.9. The average molecular weight is 595 g/mol. The monoisotopic (exact) mass is 594 g/mol. The van der Waals surface area contributed by atoms with E-state index in [1.54, 1.807) is 0 Å². The second kappa shape index (κ2) is 23.3. The summed E-state index contributed by atoms with van der Waals surface area (Å²) < 4.78 is 0. The van der Waals surface area contributed by atoms with Gasteiger partial charge in [0.25, 0.3) is 0 Å². The smallest absolute Gasteiger partial charge is 0.0997 e. The van der Waals surface area contributed by atoms with Crippen LogP contribution >= 0.6 is 0 Å². The third-order valence-electron chi connectivity index (χ3n) is 9.21. The van der Waals surface area contributed by atoms with Crippen LogP contribution in [-0.4, -0.2) is 23.9 Å². The molecule has 0 saturated carbocycles. The number of aliphatic carboxylic acids is 4. The van der Waals surface area contributed by atoms with Crippen LogP contribution in [0.1, 0.15) is 175 Å². The summed E-state index contributed by atoms with van der Waals surface area (Å²) in [5, 5.41) is 49.2. The lowest BCUT2D eigenvalue weighted by Gasteiger charge is -2.56. The van der Waals surface area contributed by atoms with Gasteiger partial charge in [-0.3, -0.25) is 0 Å². The Bertz CT molecular complexity index is 729. The van der Waals surface area contributed by atoms with Crippen molar-refractivity contribution in [3.63, 3.8) is 0 Å². The lowest BCUT2D eigenvalue weighted by atomic mass is 9.54. The van der Waals surface area contributed by atoms with Crippen LogP contribution in [0.15, 0.2) is 0 Å². The van der Waals surface area contributed by atoms with Crippen LogP contribution in [0.2, 0.25) is 0 Å². The molecule has 0 aliphatic carbocycles. The maximum absolute atomic E-state index is 12.7. The van der Waals surface area contributed by atoms with Gasteiger partial charge < -0.3 is 39.6 Å². The lowest BCUT2D eigenvalue weighted by Crippen LogP contribution is -2.74. The molecule has 0 aromatic heterocycles. The van der Waals surface area contributed by atoms with E-state index in [4.69, 9.17) is 0 Å². The van der Waals surface area contributed by atoms with Crippen LogP contribution in [0, 0.1) is 16.7 Å². The highest BCUT2D eigenvalue weighted by atomic mass is 16.4. The van der Waals surface area contributed by atoms with Gasteiger partial charge in [0.1, 0.15) is 0 Å². The molecule has 0 heterocycles. The maximum Gasteiger partial charge on any atom is 0.0997 e. The molecule has 0 aliphatic heterocycles. The molecule has 0 N–H and O–H groups in total. The first-order chi connectivity index (χ1) is 20.1. The normalized spacial score (nSPS) is 13.9. The van der Waals surface area contributed by atoms with Crippen molar-refractivity contribution in [1.29, 1.82) is 0 Å². The van der Waals surface area contributed by atoms with E-state index in [0.717, 1.165) is 64.2 Å². The largest absolute Gasteiger partial charge is 0.549 e. The van der Waals surface area contributed by atoms with Crippen molar-refractivity contribution in [2.24, 2.45) is 16.7 Å². The molecule has 8 nitrogen and oxygen atoms in total. The minimum absolute atomic E-state index is 0.138. The minimum atomic E-state index is -3.86. The molecule has 0 radical (unpaired) electrons. The van der Waals surface area contributed by atoms with Crippen molar-refractivity contribution in [2.45, 2.75) is 175 Å². The van der Waals surface area contributed by atoms with E-state index in [1.165, 1.54) is 64.7 Å². The fourth-order valence-corrected chi connectivity index (χ4v) is 6.49. The maximum atomic E-state index is 12.7. The predicted molar refractivity (Wildman–Crippen MR) is 156 cm³/mol. The highest BCUT2D eigenvalue weighted by molar-refractivity contribution is 6.18. The van der Waals surface area contributed by atoms with E-state index in [-0.39, 0.29) is 12.8 Å². The Labute approximate surface area is 255 Å². The summed E-state index contributed by atoms with van der Waals surface area (Å²) in [4.78, 5) is 49.2. The van der Waals surface area contributed by atoms with E-state index in [2.05, 4.69) is 13.8 Å². The molecule has 0 saturated heterocycles. The summed E-state index contributed by atoms with van der Waals surface area (Å²) in [5.41, 5.74) is -6.62. The quantitative estimate of drug-likeness (QED) is 0.0891. The van der Waals surface area contributed by atoms with Crippen molar-refractivity contribution < 1.29 is 39.6 Å². The highest BCUT2D eigenvalue weighted by Gasteiger charge is 2.58. The summed E-state index contributed by atoms with van der Waals surface area (Å²) in [5.74, 6) is -10.8. The molecule has 0 aliphatic rings. The topological polar surface area (TPSA) is 161 Å². The van der Waals surface area contributed by atoms with Gasteiger partial charge >= 0.3 is 0 Å². The zero-order valence-corrected chi connectivity index (χ0v) is 26.8. The Morgan fingerprint density at radius 2 is 0.738 bits per heavy atom. The molecule has 0 spiro atoms. The van der Waals surface area contributed by atoms with Crippen molar-refractivity contribution in [2.75, 3.05) is 0 Å². The van der Waals surface area contributed by atoms with Gasteiger partial charge in [-0.1, -0.05) is 162 Å². The summed E-state index contributed by atoms with van der Waals surface area (Å²) >= 11 is 0. The van der Waals surface area contributed by atoms with Crippen molar-refractivity contribution in [3.05, 3.63) is 0 Å². The molecule has 0 fully saturated rings. The highest BCUT2D eigenvalue weighted by Crippen LogP contribution is 2.50. The summed E-state index contributed by atoms with van der Waals surface area (Å²) in [6.45, 7) is 5.76. The molecule has 2 unspecified atom stereocenters. The SMILES string of the molecule is CCCCCCCCCCCCCC(C)C(CCCCCCCCCCCCC)(C(=O)[O-])C(C(=O)[O-])(C(=O)[O-])C(=O)[O-]. The molecular weight excluding hydrogens is 536 g/mol. The second-order valence-corrected chi connectivity index (χ2v) is 12.4. The van der Waals surface area contributed by atoms with Crippen LogP contribution in [0.5, 0.6) is 0 Å². The van der Waals surface area contributed by atoms with Crippen molar-refractivity contribution >= 4 is 23.9 Å². The van der Waals surface area contributed by atoms with Crippen LogP contribution in [0.25, 0.3) is 0 Å². The molecule has 0 aromatic rings. The molecular formula is C34H58O8-4. The first-order valence-corrected chi connectivity index (χ1v) is 16.9. The molecule has 42 heavy (non-hydrogen) atoms. The van der Waals surface area contributed by atoms with Gasteiger partial charge in [0.15, 0.2) is 0 Å². The summed E-state index contributed by atoms with van der Waals surface area (Å²) in [7, 11) is 0. The fourth-order valence-electron chi connectivity index (χ4n) is 6.49. The van der Waals surface area contributed by atoms with Gasteiger partial charge in [0.2, 0.25) is 0 Å². The molecule has 2 atom stereocenters. The van der Waals surface area contributed by atoms with Crippen LogP contribution in [0.4, 0.5) is 0 Å². The van der Waals surface area contributed by atoms with Crippen LogP contribution < -0.4 is 20.4 Å². The fraction of sp³-hybridized carbons (Fsp3) is 0.882. The number of rotatable bonds is 30. The van der Waals surface area contributed by atoms with E-state index < -0.39 is 47.0 Å². The molecule has 0 rings (SSSR count). The zero-order valence-electron chi connectivity index (χ0n) is 26.8. The second-order valence-electron chi connectivity index (χ2n) is 12.4. The van der Waals surface area contributed by atoms with Gasteiger partial charge in [0, 0.05) is 11.4 Å². The number of hydrogen-bond donors (Lipinski definition) is 0. The molecule has 246 valence electrons. The van der Waals surface area contributed by atoms with E-state index >= 15 is 0 Å². The third kappa shape index (κ3) is 12.6. The zero-order chi connectivity index (χ0) is 31.9. The Morgan fingerprint density at radius 1 is 0.452 bits per heavy atom. The number of carboxylic acids is 4. The van der Waals surface area contributed by atoms with Crippen molar-refractivity contribution in [1.82, 2.24) is 0 Å². The lowest BCUT2D eigenvalue weighted by molar-refractivity contribution is -0.382. The van der Waals surface area contributed by atoms with Gasteiger partial charge in [-0.05, 0) is 18.8 Å². The Balaban J connectivity index is 5.24. The first kappa shape index (κ1) is 39.9. The molecule has 0 bridgehead atoms. The summed E-state index contributed by atoms with van der Waals surface area (Å²) in [6.07, 6.45) is 21.8. The molecule has 8 heteroatoms. The standard InChI is InChI=1S/C34H62O8/c1-4-6-8-10-12-14-16-18-20-22-24-26-28(3)33(29(35)36,34(30(37)38,31(39)40)32(41)42)27-25-23-21-19-17-15-13-11-9-7-5-2/h28H,4-27H2,1-3H3,(H,35,36)(H,37,38)(H,39,40)(H,41,42)/p-4. The van der Waals surface area contributed by atoms with Crippen molar-refractivity contribution in [3.8, 4) is 0 Å². The molecule has 0 amide bonds. The summed E-state index contributed by atoms with van der Waals surface area (Å²) in [6, 6.07) is 0. The number of carbonyl (C=O) groups is 4. The van der Waals surface area contributed by atoms with Gasteiger partial charge in [-0.2, -0.15) is 0 Å². The van der Waals surface area contributed by atoms with E-state index in [0.29, 0.717) is 12.8 Å². The van der Waals surface area contributed by atoms with E-state index in [1.807, 2.05) is 0 Å². The average Bonchev–Trinajstić information content (AvgIpc) is 2.93. The van der Waals surface area contributed by atoms with Crippen LogP contribution in [0.3, 0.4) is 0 Å². The number of carbonyl (C=O) groups excluding carboxylic acids is 4. The predicted octanol–water partition coefficient (Wildman–Crippen LogP) is 4.00. The Kier molecular flexibility index (Phi) is 22.2. The van der Waals surface area contributed by atoms with Gasteiger partial charge in [0.05, 0.1) is 23.3 Å². The van der Waals surface area contributed by atoms with E-state index in [9.17, 15) is 39.6 Å². The molecule has 0 aromatic carbocycles. The van der Waals surface area contributed by atoms with Gasteiger partial charge in [-0.15, -0.1) is 0 Å². The number of unbranched alkanes of at least 4 members (excludes halogenated alkanes) is 20. The Morgan fingerprint density at radius 3 is 1.02 bits per heavy atom. The van der Waals surface area contributed by atoms with Crippen LogP contribution in [-0.2, 0) is 19.2 Å². The number of hydrogen-bond acceptors (Lipinski definition) is 8. The minimum Gasteiger partial charge on any atom is -0.549 e. The Hall–Kier alpha value is -2.12. The number of carboxylic acid groups (broad SMARTS) is 4. The third-order valence-corrected chi connectivity index (χ3v) is 9.21.